The largest absolute Gasteiger partial charge is 0.411 e. The lowest BCUT2D eigenvalue weighted by molar-refractivity contribution is -0.177. The summed E-state index contributed by atoms with van der Waals surface area (Å²) in [6, 6.07) is 0. The van der Waals surface area contributed by atoms with Gasteiger partial charge in [0.25, 0.3) is 0 Å². The molecular weight excluding hydrogens is 249 g/mol. The molecule has 0 aromatic carbocycles. The van der Waals surface area contributed by atoms with Crippen LogP contribution in [0.4, 0.5) is 19.1 Å². The minimum atomic E-state index is -4.37. The third-order valence-corrected chi connectivity index (χ3v) is 1.87. The Kier molecular flexibility index (Phi) is 4.10. The molecule has 0 spiro atoms. The summed E-state index contributed by atoms with van der Waals surface area (Å²) in [5.74, 6) is 0.484. The van der Waals surface area contributed by atoms with Crippen LogP contribution in [0, 0.1) is 0 Å². The summed E-state index contributed by atoms with van der Waals surface area (Å²) >= 11 is 0. The third-order valence-electron chi connectivity index (χ3n) is 1.87. The average Bonchev–Trinajstić information content (AvgIpc) is 2.13. The molecule has 1 rings (SSSR count). The molecule has 2 N–H and O–H groups in total. The van der Waals surface area contributed by atoms with E-state index >= 15 is 0 Å². The highest BCUT2D eigenvalue weighted by Gasteiger charge is 2.27. The van der Waals surface area contributed by atoms with E-state index in [1.54, 1.807) is 0 Å². The highest BCUT2D eigenvalue weighted by atomic mass is 19.4. The van der Waals surface area contributed by atoms with Crippen LogP contribution in [0.5, 0.6) is 0 Å². The van der Waals surface area contributed by atoms with Crippen molar-refractivity contribution in [2.24, 2.45) is 0 Å². The normalized spacial score (nSPS) is 12.8. The molecule has 0 saturated heterocycles. The highest BCUT2D eigenvalue weighted by molar-refractivity contribution is 5.18. The van der Waals surface area contributed by atoms with Crippen LogP contribution in [0.15, 0.2) is 0 Å². The summed E-state index contributed by atoms with van der Waals surface area (Å²) in [6.07, 6.45) is -4.37. The lowest BCUT2D eigenvalue weighted by atomic mass is 9.96. The molecule has 102 valence electrons. The number of aromatic nitrogens is 3. The van der Waals surface area contributed by atoms with Crippen LogP contribution in [0.2, 0.25) is 0 Å². The Balaban J connectivity index is 2.75. The lowest BCUT2D eigenvalue weighted by Crippen LogP contribution is -2.21. The van der Waals surface area contributed by atoms with Gasteiger partial charge in [-0.2, -0.15) is 23.1 Å². The first-order valence-electron chi connectivity index (χ1n) is 5.23. The Morgan fingerprint density at radius 3 is 2.22 bits per heavy atom. The SMILES string of the molecule is CC(C)(C)c1nc(N)nc(COCC(F)(F)F)n1. The minimum Gasteiger partial charge on any atom is -0.368 e. The number of nitrogens with zero attached hydrogens (tertiary/aromatic N) is 3. The van der Waals surface area contributed by atoms with Gasteiger partial charge in [0.1, 0.15) is 19.0 Å². The molecule has 0 fully saturated rings. The number of nitrogens with two attached hydrogens (primary N) is 1. The average molecular weight is 264 g/mol. The molecule has 0 saturated carbocycles. The Hall–Kier alpha value is -1.44. The first-order valence-corrected chi connectivity index (χ1v) is 5.23. The van der Waals surface area contributed by atoms with Gasteiger partial charge in [-0.05, 0) is 0 Å². The molecule has 5 nitrogen and oxygen atoms in total. The van der Waals surface area contributed by atoms with Crippen LogP contribution in [0.1, 0.15) is 32.4 Å². The maximum absolute atomic E-state index is 11.9. The van der Waals surface area contributed by atoms with Crippen molar-refractivity contribution in [1.82, 2.24) is 15.0 Å². The van der Waals surface area contributed by atoms with Gasteiger partial charge >= 0.3 is 6.18 Å². The van der Waals surface area contributed by atoms with Crippen LogP contribution in [0.3, 0.4) is 0 Å². The summed E-state index contributed by atoms with van der Waals surface area (Å²) in [7, 11) is 0. The van der Waals surface area contributed by atoms with Crippen molar-refractivity contribution in [3.8, 4) is 0 Å². The molecule has 8 heteroatoms. The van der Waals surface area contributed by atoms with Crippen LogP contribution in [-0.4, -0.2) is 27.7 Å². The molecule has 0 aliphatic heterocycles. The van der Waals surface area contributed by atoms with E-state index in [-0.39, 0.29) is 23.8 Å². The quantitative estimate of drug-likeness (QED) is 0.901. The molecule has 1 heterocycles. The fraction of sp³-hybridized carbons (Fsp3) is 0.700. The predicted molar refractivity (Wildman–Crippen MR) is 58.7 cm³/mol. The standard InChI is InChI=1S/C10H15F3N4O/c1-9(2,3)7-15-6(16-8(14)17-7)4-18-5-10(11,12)13/h4-5H2,1-3H3,(H2,14,15,16,17). The van der Waals surface area contributed by atoms with Gasteiger partial charge < -0.3 is 10.5 Å². The number of alkyl halides is 3. The van der Waals surface area contributed by atoms with E-state index in [0.717, 1.165) is 0 Å². The van der Waals surface area contributed by atoms with E-state index in [0.29, 0.717) is 5.82 Å². The zero-order valence-corrected chi connectivity index (χ0v) is 10.4. The van der Waals surface area contributed by atoms with Gasteiger partial charge in [-0.25, -0.2) is 4.98 Å². The summed E-state index contributed by atoms with van der Waals surface area (Å²) in [5, 5.41) is 0. The molecule has 0 bridgehead atoms. The van der Waals surface area contributed by atoms with E-state index in [1.165, 1.54) is 0 Å². The van der Waals surface area contributed by atoms with Crippen LogP contribution < -0.4 is 5.73 Å². The molecule has 0 aliphatic carbocycles. The second-order valence-corrected chi connectivity index (χ2v) is 4.79. The maximum Gasteiger partial charge on any atom is 0.411 e. The van der Waals surface area contributed by atoms with Crippen molar-refractivity contribution in [1.29, 1.82) is 0 Å². The summed E-state index contributed by atoms with van der Waals surface area (Å²) < 4.78 is 40.2. The molecule has 1 aromatic heterocycles. The van der Waals surface area contributed by atoms with Crippen molar-refractivity contribution in [2.75, 3.05) is 12.3 Å². The number of ether oxygens (including phenoxy) is 1. The summed E-state index contributed by atoms with van der Waals surface area (Å²) in [6.45, 7) is 3.89. The topological polar surface area (TPSA) is 73.9 Å². The molecule has 18 heavy (non-hydrogen) atoms. The first kappa shape index (κ1) is 14.6. The molecule has 0 atom stereocenters. The zero-order chi connectivity index (χ0) is 14.0. The van der Waals surface area contributed by atoms with Gasteiger partial charge in [0, 0.05) is 5.41 Å². The molecule has 1 aromatic rings. The number of halogens is 3. The van der Waals surface area contributed by atoms with Crippen molar-refractivity contribution in [2.45, 2.75) is 39.0 Å². The molecule has 0 unspecified atom stereocenters. The monoisotopic (exact) mass is 264 g/mol. The lowest BCUT2D eigenvalue weighted by Gasteiger charge is -2.17. The van der Waals surface area contributed by atoms with E-state index in [1.807, 2.05) is 20.8 Å². The first-order chi connectivity index (χ1) is 8.08. The smallest absolute Gasteiger partial charge is 0.368 e. The van der Waals surface area contributed by atoms with Gasteiger partial charge in [0.15, 0.2) is 5.82 Å². The fourth-order valence-electron chi connectivity index (χ4n) is 1.10. The number of nitrogen functional groups attached to an aromatic ring is 1. The number of rotatable bonds is 3. The van der Waals surface area contributed by atoms with Crippen molar-refractivity contribution in [3.63, 3.8) is 0 Å². The Bertz CT molecular complexity index is 415. The molecule has 0 aliphatic rings. The highest BCUT2D eigenvalue weighted by Crippen LogP contribution is 2.19. The maximum atomic E-state index is 11.9. The van der Waals surface area contributed by atoms with Crippen molar-refractivity contribution >= 4 is 5.95 Å². The van der Waals surface area contributed by atoms with E-state index in [4.69, 9.17) is 5.73 Å². The van der Waals surface area contributed by atoms with Gasteiger partial charge in [0.2, 0.25) is 5.95 Å². The minimum absolute atomic E-state index is 0.0273. The molecular formula is C10H15F3N4O. The zero-order valence-electron chi connectivity index (χ0n) is 10.4. The second-order valence-electron chi connectivity index (χ2n) is 4.79. The van der Waals surface area contributed by atoms with Gasteiger partial charge in [-0.1, -0.05) is 20.8 Å². The van der Waals surface area contributed by atoms with Crippen LogP contribution in [0.25, 0.3) is 0 Å². The number of anilines is 1. The van der Waals surface area contributed by atoms with Gasteiger partial charge in [0.05, 0.1) is 0 Å². The number of hydrogen-bond donors (Lipinski definition) is 1. The van der Waals surface area contributed by atoms with E-state index in [2.05, 4.69) is 19.7 Å². The third kappa shape index (κ3) is 4.82. The second kappa shape index (κ2) is 5.05. The summed E-state index contributed by atoms with van der Waals surface area (Å²) in [4.78, 5) is 11.7. The van der Waals surface area contributed by atoms with E-state index in [9.17, 15) is 13.2 Å². The van der Waals surface area contributed by atoms with Gasteiger partial charge in [-0.3, -0.25) is 0 Å². The van der Waals surface area contributed by atoms with E-state index < -0.39 is 12.8 Å². The Morgan fingerprint density at radius 1 is 1.11 bits per heavy atom. The fourth-order valence-corrected chi connectivity index (χ4v) is 1.10. The van der Waals surface area contributed by atoms with Crippen LogP contribution >= 0.6 is 0 Å². The Morgan fingerprint density at radius 2 is 1.72 bits per heavy atom. The Labute approximate surface area is 103 Å². The molecule has 0 radical (unpaired) electrons. The predicted octanol–water partition coefficient (Wildman–Crippen LogP) is 1.83. The van der Waals surface area contributed by atoms with Crippen molar-refractivity contribution < 1.29 is 17.9 Å². The number of hydrogen-bond acceptors (Lipinski definition) is 5. The summed E-state index contributed by atoms with van der Waals surface area (Å²) in [5.41, 5.74) is 5.11. The molecule has 0 amide bonds. The van der Waals surface area contributed by atoms with Crippen molar-refractivity contribution in [3.05, 3.63) is 11.6 Å². The van der Waals surface area contributed by atoms with Crippen LogP contribution in [-0.2, 0) is 16.8 Å². The van der Waals surface area contributed by atoms with Gasteiger partial charge in [-0.15, -0.1) is 0 Å².